The maximum Gasteiger partial charge on any atom is 0.256 e. The van der Waals surface area contributed by atoms with E-state index in [-0.39, 0.29) is 5.91 Å². The van der Waals surface area contributed by atoms with E-state index in [4.69, 9.17) is 9.84 Å². The van der Waals surface area contributed by atoms with Crippen LogP contribution in [-0.2, 0) is 4.79 Å². The van der Waals surface area contributed by atoms with Crippen molar-refractivity contribution >= 4 is 28.9 Å². The molecule has 0 bridgehead atoms. The lowest BCUT2D eigenvalue weighted by molar-refractivity contribution is -0.113. The third kappa shape index (κ3) is 3.76. The molecule has 166 valence electrons. The van der Waals surface area contributed by atoms with Gasteiger partial charge in [0, 0.05) is 28.5 Å². The molecule has 5 rings (SSSR count). The fraction of sp³-hybridized carbons (Fsp3) is 0.167. The molecule has 0 saturated carbocycles. The van der Waals surface area contributed by atoms with Gasteiger partial charge < -0.3 is 15.4 Å². The van der Waals surface area contributed by atoms with Crippen LogP contribution >= 0.6 is 11.3 Å². The van der Waals surface area contributed by atoms with E-state index in [0.717, 1.165) is 21.7 Å². The van der Waals surface area contributed by atoms with E-state index in [1.54, 1.807) is 35.5 Å². The first-order valence-corrected chi connectivity index (χ1v) is 11.3. The van der Waals surface area contributed by atoms with Gasteiger partial charge in [0.25, 0.3) is 5.91 Å². The molecule has 2 N–H and O–H groups in total. The number of para-hydroxylation sites is 2. The molecule has 9 heteroatoms. The first kappa shape index (κ1) is 20.9. The second kappa shape index (κ2) is 8.51. The van der Waals surface area contributed by atoms with Crippen molar-refractivity contribution in [3.05, 3.63) is 81.9 Å². The quantitative estimate of drug-likeness (QED) is 0.452. The molecule has 4 aromatic rings. The van der Waals surface area contributed by atoms with Crippen LogP contribution in [0.15, 0.2) is 71.5 Å². The summed E-state index contributed by atoms with van der Waals surface area (Å²) in [6.45, 7) is 3.92. The molecule has 1 amide bonds. The molecular formula is C24H22N6O2S. The number of allylic oxidation sites excluding steroid dienone is 1. The Labute approximate surface area is 195 Å². The van der Waals surface area contributed by atoms with Gasteiger partial charge in [-0.15, -0.1) is 16.4 Å². The predicted octanol–water partition coefficient (Wildman–Crippen LogP) is 4.65. The van der Waals surface area contributed by atoms with E-state index >= 15 is 0 Å². The van der Waals surface area contributed by atoms with E-state index < -0.39 is 6.04 Å². The van der Waals surface area contributed by atoms with Crippen molar-refractivity contribution in [3.8, 4) is 17.1 Å². The van der Waals surface area contributed by atoms with Crippen molar-refractivity contribution in [1.29, 1.82) is 0 Å². The molecule has 1 aliphatic heterocycles. The van der Waals surface area contributed by atoms with E-state index in [1.165, 1.54) is 0 Å². The van der Waals surface area contributed by atoms with Gasteiger partial charge >= 0.3 is 0 Å². The van der Waals surface area contributed by atoms with Crippen LogP contribution in [0.25, 0.3) is 11.4 Å². The molecule has 0 spiro atoms. The van der Waals surface area contributed by atoms with Crippen molar-refractivity contribution in [2.75, 3.05) is 17.7 Å². The molecule has 0 saturated heterocycles. The number of aromatic nitrogens is 4. The molecule has 0 fully saturated rings. The molecule has 1 atom stereocenters. The lowest BCUT2D eigenvalue weighted by Crippen LogP contribution is -2.31. The van der Waals surface area contributed by atoms with Crippen LogP contribution < -0.4 is 15.4 Å². The zero-order valence-corrected chi connectivity index (χ0v) is 19.2. The molecule has 1 aromatic carbocycles. The van der Waals surface area contributed by atoms with Crippen LogP contribution in [0.2, 0.25) is 0 Å². The molecular weight excluding hydrogens is 436 g/mol. The lowest BCUT2D eigenvalue weighted by Gasteiger charge is -2.28. The standard InChI is InChI=1S/C24H22N6O2S/c1-14-10-12-33-21(14)20-19(23(31)27-17-8-4-5-9-18(17)32-3)15(2)26-24-28-22(29-30(20)24)16-7-6-11-25-13-16/h4-13,20H,1-3H3,(H,27,31)(H,26,28,29). The number of methoxy groups -OCH3 is 1. The number of rotatable bonds is 5. The average Bonchev–Trinajstić information content (AvgIpc) is 3.45. The summed E-state index contributed by atoms with van der Waals surface area (Å²) < 4.78 is 7.19. The molecule has 1 unspecified atom stereocenters. The number of hydrogen-bond donors (Lipinski definition) is 2. The van der Waals surface area contributed by atoms with Crippen molar-refractivity contribution in [2.24, 2.45) is 0 Å². The fourth-order valence-electron chi connectivity index (χ4n) is 3.91. The summed E-state index contributed by atoms with van der Waals surface area (Å²) in [4.78, 5) is 23.5. The Morgan fingerprint density at radius 1 is 1.18 bits per heavy atom. The number of ether oxygens (including phenoxy) is 1. The molecule has 0 radical (unpaired) electrons. The normalized spacial score (nSPS) is 15.1. The molecule has 4 heterocycles. The minimum absolute atomic E-state index is 0.230. The lowest BCUT2D eigenvalue weighted by atomic mass is 9.98. The molecule has 8 nitrogen and oxygen atoms in total. The van der Waals surface area contributed by atoms with Gasteiger partial charge in [0.05, 0.1) is 18.4 Å². The van der Waals surface area contributed by atoms with Crippen molar-refractivity contribution in [3.63, 3.8) is 0 Å². The minimum Gasteiger partial charge on any atom is -0.495 e. The number of carbonyl (C=O) groups excluding carboxylic acids is 1. The van der Waals surface area contributed by atoms with Crippen LogP contribution in [0.1, 0.15) is 23.4 Å². The number of benzene rings is 1. The Bertz CT molecular complexity index is 1360. The number of carbonyl (C=O) groups is 1. The SMILES string of the molecule is COc1ccccc1NC(=O)C1=C(C)Nc2nc(-c3cccnc3)nn2C1c1sccc1C. The largest absolute Gasteiger partial charge is 0.495 e. The summed E-state index contributed by atoms with van der Waals surface area (Å²) in [6, 6.07) is 12.7. The second-order valence-electron chi connectivity index (χ2n) is 7.63. The number of nitrogens with zero attached hydrogens (tertiary/aromatic N) is 4. The maximum atomic E-state index is 13.6. The third-order valence-electron chi connectivity index (χ3n) is 5.52. The van der Waals surface area contributed by atoms with Gasteiger partial charge in [-0.1, -0.05) is 12.1 Å². The summed E-state index contributed by atoms with van der Waals surface area (Å²) in [5.41, 5.74) is 3.79. The highest BCUT2D eigenvalue weighted by Crippen LogP contribution is 2.40. The first-order chi connectivity index (χ1) is 16.1. The highest BCUT2D eigenvalue weighted by Gasteiger charge is 2.36. The van der Waals surface area contributed by atoms with E-state index in [2.05, 4.69) is 20.6 Å². The summed E-state index contributed by atoms with van der Waals surface area (Å²) in [5, 5.41) is 13.1. The summed E-state index contributed by atoms with van der Waals surface area (Å²) in [6.07, 6.45) is 3.43. The van der Waals surface area contributed by atoms with Gasteiger partial charge in [-0.2, -0.15) is 4.98 Å². The second-order valence-corrected chi connectivity index (χ2v) is 8.58. The van der Waals surface area contributed by atoms with Crippen LogP contribution in [0.3, 0.4) is 0 Å². The van der Waals surface area contributed by atoms with Crippen LogP contribution in [0.4, 0.5) is 11.6 Å². The highest BCUT2D eigenvalue weighted by atomic mass is 32.1. The van der Waals surface area contributed by atoms with Crippen LogP contribution in [0.5, 0.6) is 5.75 Å². The topological polar surface area (TPSA) is 94.0 Å². The summed E-state index contributed by atoms with van der Waals surface area (Å²) >= 11 is 1.59. The Kier molecular flexibility index (Phi) is 5.39. The zero-order valence-electron chi connectivity index (χ0n) is 18.4. The monoisotopic (exact) mass is 458 g/mol. The average molecular weight is 459 g/mol. The number of amides is 1. The summed E-state index contributed by atoms with van der Waals surface area (Å²) in [5.74, 6) is 1.49. The van der Waals surface area contributed by atoms with Crippen LogP contribution in [-0.4, -0.2) is 32.8 Å². The number of fused-ring (bicyclic) bond motifs is 1. The van der Waals surface area contributed by atoms with Gasteiger partial charge in [0.15, 0.2) is 5.82 Å². The van der Waals surface area contributed by atoms with E-state index in [9.17, 15) is 4.79 Å². The minimum atomic E-state index is -0.422. The third-order valence-corrected chi connectivity index (χ3v) is 6.59. The van der Waals surface area contributed by atoms with E-state index in [1.807, 2.05) is 61.7 Å². The van der Waals surface area contributed by atoms with Crippen molar-refractivity contribution < 1.29 is 9.53 Å². The Hall–Kier alpha value is -3.98. The van der Waals surface area contributed by atoms with Gasteiger partial charge in [-0.3, -0.25) is 9.78 Å². The number of hydrogen-bond acceptors (Lipinski definition) is 7. The maximum absolute atomic E-state index is 13.6. The van der Waals surface area contributed by atoms with Gasteiger partial charge in [0.1, 0.15) is 11.8 Å². The van der Waals surface area contributed by atoms with Gasteiger partial charge in [0.2, 0.25) is 5.95 Å². The van der Waals surface area contributed by atoms with Crippen molar-refractivity contribution in [2.45, 2.75) is 19.9 Å². The number of aryl methyl sites for hydroxylation is 1. The number of anilines is 2. The Morgan fingerprint density at radius 3 is 2.76 bits per heavy atom. The van der Waals surface area contributed by atoms with Gasteiger partial charge in [-0.05, 0) is 55.1 Å². The zero-order chi connectivity index (χ0) is 22.9. The van der Waals surface area contributed by atoms with Gasteiger partial charge in [-0.25, -0.2) is 4.68 Å². The van der Waals surface area contributed by atoms with Crippen molar-refractivity contribution in [1.82, 2.24) is 19.7 Å². The summed E-state index contributed by atoms with van der Waals surface area (Å²) in [7, 11) is 1.58. The molecule has 1 aliphatic rings. The number of nitrogens with one attached hydrogen (secondary N) is 2. The number of pyridine rings is 1. The molecule has 3 aromatic heterocycles. The van der Waals surface area contributed by atoms with E-state index in [0.29, 0.717) is 28.8 Å². The Morgan fingerprint density at radius 2 is 2.03 bits per heavy atom. The molecule has 33 heavy (non-hydrogen) atoms. The fourth-order valence-corrected chi connectivity index (χ4v) is 4.93. The Balaban J connectivity index is 1.60. The smallest absolute Gasteiger partial charge is 0.256 e. The predicted molar refractivity (Wildman–Crippen MR) is 128 cm³/mol. The molecule has 0 aliphatic carbocycles. The first-order valence-electron chi connectivity index (χ1n) is 10.4. The van der Waals surface area contributed by atoms with Crippen LogP contribution in [0, 0.1) is 6.92 Å². The number of thiophene rings is 1. The highest BCUT2D eigenvalue weighted by molar-refractivity contribution is 7.10.